The summed E-state index contributed by atoms with van der Waals surface area (Å²) < 4.78 is 6.42. The molecule has 1 saturated heterocycles. The van der Waals surface area contributed by atoms with Crippen molar-refractivity contribution in [1.82, 2.24) is 9.97 Å². The Bertz CT molecular complexity index is 394. The molecule has 2 rings (SSSR count). The Labute approximate surface area is 115 Å². The topological polar surface area (TPSA) is 35.0 Å². The summed E-state index contributed by atoms with van der Waals surface area (Å²) in [5, 5.41) is 0.511. The number of hydrogen-bond donors (Lipinski definition) is 0. The highest BCUT2D eigenvalue weighted by Crippen LogP contribution is 2.25. The van der Waals surface area contributed by atoms with Crippen LogP contribution in [0.25, 0.3) is 0 Å². The lowest BCUT2D eigenvalue weighted by molar-refractivity contribution is 0.110. The number of ether oxygens (including phenoxy) is 1. The van der Waals surface area contributed by atoms with Crippen molar-refractivity contribution in [2.45, 2.75) is 45.1 Å². The second-order valence-electron chi connectivity index (χ2n) is 4.28. The highest BCUT2D eigenvalue weighted by atomic mass is 79.9. The van der Waals surface area contributed by atoms with E-state index in [1.54, 1.807) is 0 Å². The predicted molar refractivity (Wildman–Crippen MR) is 71.4 cm³/mol. The largest absolute Gasteiger partial charge is 0.378 e. The van der Waals surface area contributed by atoms with E-state index in [0.717, 1.165) is 54.7 Å². The first-order valence-corrected chi connectivity index (χ1v) is 7.20. The zero-order chi connectivity index (χ0) is 12.3. The van der Waals surface area contributed by atoms with E-state index in [9.17, 15) is 0 Å². The molecule has 5 heteroatoms. The van der Waals surface area contributed by atoms with E-state index >= 15 is 0 Å². The van der Waals surface area contributed by atoms with Crippen LogP contribution < -0.4 is 0 Å². The fourth-order valence-electron chi connectivity index (χ4n) is 2.01. The summed E-state index contributed by atoms with van der Waals surface area (Å²) in [5.74, 6) is 0.800. The SMILES string of the molecule is CCCc1nc(CC2CCCO2)nc(Cl)c1Br. The molecule has 1 aliphatic heterocycles. The van der Waals surface area contributed by atoms with Gasteiger partial charge in [0.05, 0.1) is 16.3 Å². The van der Waals surface area contributed by atoms with Gasteiger partial charge in [0, 0.05) is 13.0 Å². The van der Waals surface area contributed by atoms with Crippen LogP contribution in [-0.2, 0) is 17.6 Å². The van der Waals surface area contributed by atoms with Crippen molar-refractivity contribution in [3.05, 3.63) is 21.1 Å². The first-order valence-electron chi connectivity index (χ1n) is 6.03. The molecule has 3 nitrogen and oxygen atoms in total. The quantitative estimate of drug-likeness (QED) is 0.796. The lowest BCUT2D eigenvalue weighted by Gasteiger charge is -2.11. The zero-order valence-electron chi connectivity index (χ0n) is 9.88. The van der Waals surface area contributed by atoms with Crippen LogP contribution in [0.1, 0.15) is 37.7 Å². The van der Waals surface area contributed by atoms with Crippen LogP contribution in [0.3, 0.4) is 0 Å². The second kappa shape index (κ2) is 6.12. The maximum absolute atomic E-state index is 6.10. The molecule has 0 radical (unpaired) electrons. The van der Waals surface area contributed by atoms with Crippen molar-refractivity contribution < 1.29 is 4.74 Å². The first kappa shape index (κ1) is 13.2. The average molecular weight is 320 g/mol. The maximum Gasteiger partial charge on any atom is 0.147 e. The molecular weight excluding hydrogens is 304 g/mol. The molecule has 1 atom stereocenters. The first-order chi connectivity index (χ1) is 8.20. The fraction of sp³-hybridized carbons (Fsp3) is 0.667. The van der Waals surface area contributed by atoms with Gasteiger partial charge in [-0.1, -0.05) is 24.9 Å². The van der Waals surface area contributed by atoms with Crippen molar-refractivity contribution >= 4 is 27.5 Å². The van der Waals surface area contributed by atoms with Crippen LogP contribution in [0.15, 0.2) is 4.47 Å². The van der Waals surface area contributed by atoms with Crippen molar-refractivity contribution in [2.75, 3.05) is 6.61 Å². The molecule has 0 aromatic carbocycles. The Kier molecular flexibility index (Phi) is 4.77. The van der Waals surface area contributed by atoms with Gasteiger partial charge in [0.25, 0.3) is 0 Å². The van der Waals surface area contributed by atoms with Gasteiger partial charge >= 0.3 is 0 Å². The molecule has 2 heterocycles. The second-order valence-corrected chi connectivity index (χ2v) is 5.43. The van der Waals surface area contributed by atoms with E-state index in [4.69, 9.17) is 16.3 Å². The van der Waals surface area contributed by atoms with Gasteiger partial charge in [0.15, 0.2) is 0 Å². The Morgan fingerprint density at radius 3 is 2.94 bits per heavy atom. The van der Waals surface area contributed by atoms with Gasteiger partial charge in [-0.2, -0.15) is 0 Å². The maximum atomic E-state index is 6.10. The van der Waals surface area contributed by atoms with E-state index in [1.807, 2.05) is 0 Å². The molecular formula is C12H16BrClN2O. The Balaban J connectivity index is 2.16. The van der Waals surface area contributed by atoms with Crippen molar-refractivity contribution in [1.29, 1.82) is 0 Å². The Morgan fingerprint density at radius 2 is 2.29 bits per heavy atom. The molecule has 1 fully saturated rings. The minimum Gasteiger partial charge on any atom is -0.378 e. The molecule has 0 amide bonds. The summed E-state index contributed by atoms with van der Waals surface area (Å²) in [5.41, 5.74) is 1.00. The lowest BCUT2D eigenvalue weighted by Crippen LogP contribution is -2.13. The van der Waals surface area contributed by atoms with Crippen LogP contribution in [0, 0.1) is 0 Å². The monoisotopic (exact) mass is 318 g/mol. The summed E-state index contributed by atoms with van der Waals surface area (Å²) in [6.45, 7) is 2.99. The molecule has 0 spiro atoms. The van der Waals surface area contributed by atoms with Crippen molar-refractivity contribution in [3.8, 4) is 0 Å². The van der Waals surface area contributed by atoms with Gasteiger partial charge in [-0.3, -0.25) is 0 Å². The number of halogens is 2. The van der Waals surface area contributed by atoms with Gasteiger partial charge in [-0.15, -0.1) is 0 Å². The summed E-state index contributed by atoms with van der Waals surface area (Å²) in [6, 6.07) is 0. The van der Waals surface area contributed by atoms with E-state index in [-0.39, 0.29) is 6.10 Å². The molecule has 0 aliphatic carbocycles. The summed E-state index contributed by atoms with van der Waals surface area (Å²) in [4.78, 5) is 8.87. The fourth-order valence-corrected chi connectivity index (χ4v) is 2.60. The van der Waals surface area contributed by atoms with Gasteiger partial charge in [-0.25, -0.2) is 9.97 Å². The number of nitrogens with zero attached hydrogens (tertiary/aromatic N) is 2. The standard InChI is InChI=1S/C12H16BrClN2O/c1-2-4-9-11(13)12(14)16-10(15-9)7-8-5-3-6-17-8/h8H,2-7H2,1H3. The number of aryl methyl sites for hydroxylation is 1. The molecule has 17 heavy (non-hydrogen) atoms. The van der Waals surface area contributed by atoms with Crippen LogP contribution in [0.4, 0.5) is 0 Å². The lowest BCUT2D eigenvalue weighted by atomic mass is 10.1. The smallest absolute Gasteiger partial charge is 0.147 e. The van der Waals surface area contributed by atoms with Gasteiger partial charge in [0.1, 0.15) is 11.0 Å². The third-order valence-corrected chi connectivity index (χ3v) is 4.18. The summed E-state index contributed by atoms with van der Waals surface area (Å²) >= 11 is 9.54. The van der Waals surface area contributed by atoms with E-state index in [1.165, 1.54) is 0 Å². The molecule has 0 saturated carbocycles. The van der Waals surface area contributed by atoms with Crippen LogP contribution in [0.5, 0.6) is 0 Å². The third kappa shape index (κ3) is 3.39. The predicted octanol–water partition coefficient (Wildman–Crippen LogP) is 3.57. The molecule has 1 unspecified atom stereocenters. The zero-order valence-corrected chi connectivity index (χ0v) is 12.2. The summed E-state index contributed by atoms with van der Waals surface area (Å²) in [7, 11) is 0. The molecule has 1 aromatic heterocycles. The van der Waals surface area contributed by atoms with Crippen LogP contribution >= 0.6 is 27.5 Å². The van der Waals surface area contributed by atoms with Crippen LogP contribution in [0.2, 0.25) is 5.15 Å². The Morgan fingerprint density at radius 1 is 1.47 bits per heavy atom. The van der Waals surface area contributed by atoms with E-state index in [2.05, 4.69) is 32.8 Å². The molecule has 0 N–H and O–H groups in total. The number of aromatic nitrogens is 2. The molecule has 1 aliphatic rings. The molecule has 0 bridgehead atoms. The third-order valence-electron chi connectivity index (χ3n) is 2.85. The highest BCUT2D eigenvalue weighted by Gasteiger charge is 2.19. The number of rotatable bonds is 4. The van der Waals surface area contributed by atoms with Gasteiger partial charge in [0.2, 0.25) is 0 Å². The molecule has 94 valence electrons. The van der Waals surface area contributed by atoms with E-state index < -0.39 is 0 Å². The Hall–Kier alpha value is -0.190. The minimum atomic E-state index is 0.265. The normalized spacial score (nSPS) is 19.8. The van der Waals surface area contributed by atoms with Crippen molar-refractivity contribution in [2.24, 2.45) is 0 Å². The number of hydrogen-bond acceptors (Lipinski definition) is 3. The minimum absolute atomic E-state index is 0.265. The van der Waals surface area contributed by atoms with Crippen molar-refractivity contribution in [3.63, 3.8) is 0 Å². The van der Waals surface area contributed by atoms with Gasteiger partial charge < -0.3 is 4.74 Å². The summed E-state index contributed by atoms with van der Waals surface area (Å²) in [6.07, 6.45) is 5.23. The average Bonchev–Trinajstić information content (AvgIpc) is 2.78. The van der Waals surface area contributed by atoms with E-state index in [0.29, 0.717) is 5.15 Å². The van der Waals surface area contributed by atoms with Crippen LogP contribution in [-0.4, -0.2) is 22.7 Å². The van der Waals surface area contributed by atoms with Gasteiger partial charge in [-0.05, 0) is 35.2 Å². The molecule has 1 aromatic rings. The highest BCUT2D eigenvalue weighted by molar-refractivity contribution is 9.10.